The summed E-state index contributed by atoms with van der Waals surface area (Å²) < 4.78 is 10.6. The van der Waals surface area contributed by atoms with Crippen molar-refractivity contribution in [3.05, 3.63) is 18.2 Å². The lowest BCUT2D eigenvalue weighted by Crippen LogP contribution is -2.37. The molecule has 19 heavy (non-hydrogen) atoms. The molecule has 102 valence electrons. The van der Waals surface area contributed by atoms with Crippen LogP contribution >= 0.6 is 0 Å². The first kappa shape index (κ1) is 12.3. The van der Waals surface area contributed by atoms with Gasteiger partial charge in [-0.05, 0) is 12.1 Å². The molecule has 5 nitrogen and oxygen atoms in total. The van der Waals surface area contributed by atoms with Crippen molar-refractivity contribution in [3.8, 4) is 11.5 Å². The summed E-state index contributed by atoms with van der Waals surface area (Å²) in [6.45, 7) is 5.14. The number of fused-ring (bicyclic) bond motifs is 1. The van der Waals surface area contributed by atoms with Crippen LogP contribution in [0.25, 0.3) is 0 Å². The van der Waals surface area contributed by atoms with Gasteiger partial charge in [-0.3, -0.25) is 4.79 Å². The molecular weight excluding hydrogens is 244 g/mol. The van der Waals surface area contributed by atoms with Crippen LogP contribution in [0.15, 0.2) is 18.2 Å². The number of carbonyl (C=O) groups excluding carboxylic acids is 1. The molecule has 2 aliphatic heterocycles. The van der Waals surface area contributed by atoms with Crippen molar-refractivity contribution < 1.29 is 14.3 Å². The summed E-state index contributed by atoms with van der Waals surface area (Å²) in [6, 6.07) is 6.24. The maximum Gasteiger partial charge on any atom is 0.231 e. The second-order valence-corrected chi connectivity index (χ2v) is 5.26. The first-order chi connectivity index (χ1) is 9.13. The molecule has 3 rings (SSSR count). The predicted octanol–water partition coefficient (Wildman–Crippen LogP) is 1.52. The Balaban J connectivity index is 1.77. The molecule has 2 aliphatic rings. The molecule has 0 saturated carbocycles. The third-order valence-corrected chi connectivity index (χ3v) is 3.36. The molecule has 1 amide bonds. The van der Waals surface area contributed by atoms with Crippen LogP contribution < -0.4 is 19.7 Å². The average Bonchev–Trinajstić information content (AvgIpc) is 2.93. The Hall–Kier alpha value is -1.75. The number of ether oxygens (including phenoxy) is 2. The van der Waals surface area contributed by atoms with Crippen LogP contribution in [0.1, 0.15) is 20.3 Å². The van der Waals surface area contributed by atoms with Crippen LogP contribution in [-0.4, -0.2) is 31.3 Å². The molecule has 0 radical (unpaired) electrons. The quantitative estimate of drug-likeness (QED) is 0.897. The van der Waals surface area contributed by atoms with Crippen molar-refractivity contribution in [1.82, 2.24) is 5.32 Å². The SMILES string of the molecule is CC(C)NC1CC(=O)N(c2ccc3c(c2)OCO3)C1. The molecule has 1 fully saturated rings. The fourth-order valence-corrected chi connectivity index (χ4v) is 2.59. The maximum atomic E-state index is 12.1. The highest BCUT2D eigenvalue weighted by Gasteiger charge is 2.31. The number of amides is 1. The number of hydrogen-bond donors (Lipinski definition) is 1. The zero-order chi connectivity index (χ0) is 13.4. The molecule has 1 atom stereocenters. The van der Waals surface area contributed by atoms with Crippen LogP contribution in [-0.2, 0) is 4.79 Å². The highest BCUT2D eigenvalue weighted by Crippen LogP contribution is 2.36. The van der Waals surface area contributed by atoms with Gasteiger partial charge in [-0.1, -0.05) is 13.8 Å². The Kier molecular flexibility index (Phi) is 3.06. The topological polar surface area (TPSA) is 50.8 Å². The molecule has 0 aliphatic carbocycles. The zero-order valence-electron chi connectivity index (χ0n) is 11.2. The lowest BCUT2D eigenvalue weighted by molar-refractivity contribution is -0.117. The van der Waals surface area contributed by atoms with Gasteiger partial charge in [-0.15, -0.1) is 0 Å². The number of nitrogens with one attached hydrogen (secondary N) is 1. The van der Waals surface area contributed by atoms with E-state index in [1.165, 1.54) is 0 Å². The predicted molar refractivity (Wildman–Crippen MR) is 71.6 cm³/mol. The number of hydrogen-bond acceptors (Lipinski definition) is 4. The number of carbonyl (C=O) groups is 1. The third kappa shape index (κ3) is 2.38. The number of nitrogens with zero attached hydrogens (tertiary/aromatic N) is 1. The monoisotopic (exact) mass is 262 g/mol. The van der Waals surface area contributed by atoms with Gasteiger partial charge in [0.1, 0.15) is 0 Å². The zero-order valence-corrected chi connectivity index (χ0v) is 11.2. The second-order valence-electron chi connectivity index (χ2n) is 5.26. The van der Waals surface area contributed by atoms with E-state index < -0.39 is 0 Å². The summed E-state index contributed by atoms with van der Waals surface area (Å²) in [7, 11) is 0. The molecule has 0 bridgehead atoms. The van der Waals surface area contributed by atoms with E-state index in [0.717, 1.165) is 11.4 Å². The van der Waals surface area contributed by atoms with Crippen LogP contribution in [0.5, 0.6) is 11.5 Å². The summed E-state index contributed by atoms with van der Waals surface area (Å²) in [5, 5.41) is 3.41. The van der Waals surface area contributed by atoms with E-state index in [1.807, 2.05) is 23.1 Å². The van der Waals surface area contributed by atoms with E-state index in [2.05, 4.69) is 19.2 Å². The van der Waals surface area contributed by atoms with E-state index >= 15 is 0 Å². The fourth-order valence-electron chi connectivity index (χ4n) is 2.59. The number of benzene rings is 1. The van der Waals surface area contributed by atoms with Crippen molar-refractivity contribution in [3.63, 3.8) is 0 Å². The third-order valence-electron chi connectivity index (χ3n) is 3.36. The molecule has 1 aromatic rings. The van der Waals surface area contributed by atoms with E-state index in [-0.39, 0.29) is 18.7 Å². The van der Waals surface area contributed by atoms with Crippen LogP contribution in [0.2, 0.25) is 0 Å². The Morgan fingerprint density at radius 2 is 2.11 bits per heavy atom. The first-order valence-electron chi connectivity index (χ1n) is 6.59. The number of rotatable bonds is 3. The number of anilines is 1. The summed E-state index contributed by atoms with van der Waals surface area (Å²) in [6.07, 6.45) is 0.548. The molecule has 1 saturated heterocycles. The second kappa shape index (κ2) is 4.74. The van der Waals surface area contributed by atoms with Gasteiger partial charge < -0.3 is 19.7 Å². The van der Waals surface area contributed by atoms with Gasteiger partial charge >= 0.3 is 0 Å². The molecule has 5 heteroatoms. The Bertz CT molecular complexity index is 501. The standard InChI is InChI=1S/C14H18N2O3/c1-9(2)15-10-5-14(17)16(7-10)11-3-4-12-13(6-11)19-8-18-12/h3-4,6,9-10,15H,5,7-8H2,1-2H3. The lowest BCUT2D eigenvalue weighted by atomic mass is 10.2. The van der Waals surface area contributed by atoms with Gasteiger partial charge in [0.15, 0.2) is 11.5 Å². The Morgan fingerprint density at radius 3 is 2.89 bits per heavy atom. The van der Waals surface area contributed by atoms with Crippen molar-refractivity contribution in [2.75, 3.05) is 18.2 Å². The molecular formula is C14H18N2O3. The van der Waals surface area contributed by atoms with Gasteiger partial charge in [-0.25, -0.2) is 0 Å². The minimum Gasteiger partial charge on any atom is -0.454 e. The average molecular weight is 262 g/mol. The Labute approximate surface area is 112 Å². The smallest absolute Gasteiger partial charge is 0.231 e. The largest absolute Gasteiger partial charge is 0.454 e. The van der Waals surface area contributed by atoms with Crippen molar-refractivity contribution >= 4 is 11.6 Å². The summed E-state index contributed by atoms with van der Waals surface area (Å²) in [4.78, 5) is 13.9. The van der Waals surface area contributed by atoms with Gasteiger partial charge in [-0.2, -0.15) is 0 Å². The van der Waals surface area contributed by atoms with Crippen molar-refractivity contribution in [2.24, 2.45) is 0 Å². The first-order valence-corrected chi connectivity index (χ1v) is 6.59. The van der Waals surface area contributed by atoms with E-state index in [4.69, 9.17) is 9.47 Å². The molecule has 0 spiro atoms. The Morgan fingerprint density at radius 1 is 1.32 bits per heavy atom. The molecule has 0 aromatic heterocycles. The van der Waals surface area contributed by atoms with E-state index in [1.54, 1.807) is 0 Å². The molecule has 1 unspecified atom stereocenters. The van der Waals surface area contributed by atoms with Crippen LogP contribution in [0.3, 0.4) is 0 Å². The highest BCUT2D eigenvalue weighted by molar-refractivity contribution is 5.96. The lowest BCUT2D eigenvalue weighted by Gasteiger charge is -2.18. The summed E-state index contributed by atoms with van der Waals surface area (Å²) >= 11 is 0. The molecule has 1 N–H and O–H groups in total. The van der Waals surface area contributed by atoms with Gasteiger partial charge in [0, 0.05) is 36.8 Å². The highest BCUT2D eigenvalue weighted by atomic mass is 16.7. The van der Waals surface area contributed by atoms with Crippen molar-refractivity contribution in [1.29, 1.82) is 0 Å². The van der Waals surface area contributed by atoms with Crippen LogP contribution in [0, 0.1) is 0 Å². The van der Waals surface area contributed by atoms with Gasteiger partial charge in [0.25, 0.3) is 0 Å². The van der Waals surface area contributed by atoms with Gasteiger partial charge in [0.05, 0.1) is 0 Å². The molecule has 1 aromatic carbocycles. The van der Waals surface area contributed by atoms with Gasteiger partial charge in [0.2, 0.25) is 12.7 Å². The van der Waals surface area contributed by atoms with Crippen molar-refractivity contribution in [2.45, 2.75) is 32.4 Å². The van der Waals surface area contributed by atoms with Crippen LogP contribution in [0.4, 0.5) is 5.69 Å². The fraction of sp³-hybridized carbons (Fsp3) is 0.500. The molecule has 2 heterocycles. The minimum atomic E-state index is 0.150. The normalized spacial score (nSPS) is 21.5. The van der Waals surface area contributed by atoms with E-state index in [9.17, 15) is 4.79 Å². The minimum absolute atomic E-state index is 0.150. The maximum absolute atomic E-state index is 12.1. The summed E-state index contributed by atoms with van der Waals surface area (Å²) in [5.74, 6) is 1.61. The summed E-state index contributed by atoms with van der Waals surface area (Å²) in [5.41, 5.74) is 0.877. The van der Waals surface area contributed by atoms with E-state index in [0.29, 0.717) is 24.8 Å².